The van der Waals surface area contributed by atoms with Crippen LogP contribution in [0.2, 0.25) is 0 Å². The van der Waals surface area contributed by atoms with Crippen molar-refractivity contribution in [3.63, 3.8) is 0 Å². The lowest BCUT2D eigenvalue weighted by Gasteiger charge is -2.10. The molecule has 74 valence electrons. The van der Waals surface area contributed by atoms with Gasteiger partial charge in [-0.2, -0.15) is 0 Å². The average Bonchev–Trinajstić information content (AvgIpc) is 2.18. The van der Waals surface area contributed by atoms with Gasteiger partial charge in [-0.1, -0.05) is 6.58 Å². The van der Waals surface area contributed by atoms with E-state index in [4.69, 9.17) is 0 Å². The maximum Gasteiger partial charge on any atom is 0.0972 e. The SMILES string of the molecule is C=C(NC(C)=NC)c1cccnc1C. The Morgan fingerprint density at radius 2 is 2.29 bits per heavy atom. The summed E-state index contributed by atoms with van der Waals surface area (Å²) in [6.45, 7) is 7.80. The van der Waals surface area contributed by atoms with Crippen molar-refractivity contribution in [2.45, 2.75) is 13.8 Å². The monoisotopic (exact) mass is 189 g/mol. The van der Waals surface area contributed by atoms with Crippen LogP contribution in [0.25, 0.3) is 5.70 Å². The van der Waals surface area contributed by atoms with Gasteiger partial charge in [-0.3, -0.25) is 9.98 Å². The van der Waals surface area contributed by atoms with Gasteiger partial charge in [0.05, 0.1) is 5.84 Å². The molecule has 0 saturated carbocycles. The Morgan fingerprint density at radius 1 is 1.57 bits per heavy atom. The first-order valence-electron chi connectivity index (χ1n) is 4.46. The fourth-order valence-corrected chi connectivity index (χ4v) is 1.14. The van der Waals surface area contributed by atoms with Crippen molar-refractivity contribution in [1.82, 2.24) is 10.3 Å². The summed E-state index contributed by atoms with van der Waals surface area (Å²) in [6.07, 6.45) is 1.77. The molecule has 3 nitrogen and oxygen atoms in total. The molecule has 0 aromatic carbocycles. The molecule has 1 aromatic heterocycles. The Kier molecular flexibility index (Phi) is 3.40. The highest BCUT2D eigenvalue weighted by molar-refractivity contribution is 5.88. The minimum Gasteiger partial charge on any atom is -0.344 e. The average molecular weight is 189 g/mol. The zero-order valence-corrected chi connectivity index (χ0v) is 8.83. The predicted molar refractivity (Wildman–Crippen MR) is 60.2 cm³/mol. The molecule has 0 aliphatic heterocycles. The third-order valence-corrected chi connectivity index (χ3v) is 2.00. The van der Waals surface area contributed by atoms with Gasteiger partial charge in [0.15, 0.2) is 0 Å². The van der Waals surface area contributed by atoms with Gasteiger partial charge in [0.1, 0.15) is 0 Å². The fraction of sp³-hybridized carbons (Fsp3) is 0.273. The van der Waals surface area contributed by atoms with E-state index < -0.39 is 0 Å². The number of pyridine rings is 1. The highest BCUT2D eigenvalue weighted by Crippen LogP contribution is 2.11. The second-order valence-electron chi connectivity index (χ2n) is 3.05. The largest absolute Gasteiger partial charge is 0.344 e. The van der Waals surface area contributed by atoms with Crippen molar-refractivity contribution in [3.8, 4) is 0 Å². The molecular formula is C11H15N3. The van der Waals surface area contributed by atoms with Crippen LogP contribution < -0.4 is 5.32 Å². The highest BCUT2D eigenvalue weighted by Gasteiger charge is 2.02. The molecule has 3 heteroatoms. The number of nitrogens with zero attached hydrogens (tertiary/aromatic N) is 2. The minimum absolute atomic E-state index is 0.832. The smallest absolute Gasteiger partial charge is 0.0972 e. The molecule has 0 aliphatic carbocycles. The Bertz CT molecular complexity index is 367. The third-order valence-electron chi connectivity index (χ3n) is 2.00. The van der Waals surface area contributed by atoms with Gasteiger partial charge in [0.2, 0.25) is 0 Å². The van der Waals surface area contributed by atoms with E-state index in [1.54, 1.807) is 13.2 Å². The third kappa shape index (κ3) is 2.42. The topological polar surface area (TPSA) is 37.3 Å². The number of aryl methyl sites for hydroxylation is 1. The normalized spacial score (nSPS) is 11.2. The van der Waals surface area contributed by atoms with Crippen molar-refractivity contribution in [2.75, 3.05) is 7.05 Å². The maximum absolute atomic E-state index is 4.19. The van der Waals surface area contributed by atoms with E-state index in [0.717, 1.165) is 22.8 Å². The molecule has 0 radical (unpaired) electrons. The molecule has 0 aliphatic rings. The lowest BCUT2D eigenvalue weighted by atomic mass is 10.1. The van der Waals surface area contributed by atoms with Crippen LogP contribution in [0.3, 0.4) is 0 Å². The van der Waals surface area contributed by atoms with Crippen molar-refractivity contribution in [3.05, 3.63) is 36.2 Å². The van der Waals surface area contributed by atoms with Crippen molar-refractivity contribution >= 4 is 11.5 Å². The van der Waals surface area contributed by atoms with Gasteiger partial charge in [-0.15, -0.1) is 0 Å². The molecule has 0 unspecified atom stereocenters. The molecule has 0 spiro atoms. The molecule has 1 rings (SSSR count). The molecule has 0 saturated heterocycles. The number of aliphatic imine (C=N–C) groups is 1. The summed E-state index contributed by atoms with van der Waals surface area (Å²) in [5.41, 5.74) is 2.82. The summed E-state index contributed by atoms with van der Waals surface area (Å²) in [4.78, 5) is 8.20. The van der Waals surface area contributed by atoms with Crippen molar-refractivity contribution < 1.29 is 0 Å². The molecule has 0 bridgehead atoms. The first-order valence-corrected chi connectivity index (χ1v) is 4.46. The van der Waals surface area contributed by atoms with Crippen LogP contribution in [0.4, 0.5) is 0 Å². The fourth-order valence-electron chi connectivity index (χ4n) is 1.14. The van der Waals surface area contributed by atoms with Crippen molar-refractivity contribution in [2.24, 2.45) is 4.99 Å². The number of hydrogen-bond donors (Lipinski definition) is 1. The van der Waals surface area contributed by atoms with Crippen LogP contribution in [0.15, 0.2) is 29.9 Å². The van der Waals surface area contributed by atoms with Crippen molar-refractivity contribution in [1.29, 1.82) is 0 Å². The summed E-state index contributed by atoms with van der Waals surface area (Å²) in [6, 6.07) is 3.88. The van der Waals surface area contributed by atoms with E-state index in [1.165, 1.54) is 0 Å². The summed E-state index contributed by atoms with van der Waals surface area (Å²) >= 11 is 0. The van der Waals surface area contributed by atoms with E-state index in [-0.39, 0.29) is 0 Å². The Morgan fingerprint density at radius 3 is 2.86 bits per heavy atom. The molecule has 1 aromatic rings. The Labute approximate surface area is 84.6 Å². The standard InChI is InChI=1S/C11H15N3/c1-8-11(6-5-7-13-8)9(2)14-10(3)12-4/h5-7H,2H2,1,3-4H3,(H,12,14). The number of amidine groups is 1. The van der Waals surface area contributed by atoms with E-state index in [1.807, 2.05) is 26.0 Å². The van der Waals surface area contributed by atoms with E-state index in [9.17, 15) is 0 Å². The molecule has 1 N–H and O–H groups in total. The van der Waals surface area contributed by atoms with Crippen LogP contribution in [0, 0.1) is 6.92 Å². The van der Waals surface area contributed by atoms with Crippen LogP contribution in [0.1, 0.15) is 18.2 Å². The van der Waals surface area contributed by atoms with Gasteiger partial charge in [0, 0.05) is 30.2 Å². The zero-order valence-electron chi connectivity index (χ0n) is 8.83. The van der Waals surface area contributed by atoms with Crippen LogP contribution >= 0.6 is 0 Å². The van der Waals surface area contributed by atoms with Crippen LogP contribution in [-0.4, -0.2) is 17.9 Å². The lowest BCUT2D eigenvalue weighted by molar-refractivity contribution is 1.15. The lowest BCUT2D eigenvalue weighted by Crippen LogP contribution is -2.18. The van der Waals surface area contributed by atoms with Gasteiger partial charge in [-0.25, -0.2) is 0 Å². The molecular weight excluding hydrogens is 174 g/mol. The second-order valence-corrected chi connectivity index (χ2v) is 3.05. The number of hydrogen-bond acceptors (Lipinski definition) is 2. The quantitative estimate of drug-likeness (QED) is 0.570. The highest BCUT2D eigenvalue weighted by atomic mass is 15.0. The van der Waals surface area contributed by atoms with Crippen LogP contribution in [-0.2, 0) is 0 Å². The predicted octanol–water partition coefficient (Wildman–Crippen LogP) is 2.00. The number of nitrogens with one attached hydrogen (secondary N) is 1. The van der Waals surface area contributed by atoms with Gasteiger partial charge >= 0.3 is 0 Å². The molecule has 0 amide bonds. The molecule has 0 atom stereocenters. The Balaban J connectivity index is 2.85. The summed E-state index contributed by atoms with van der Waals surface area (Å²) in [7, 11) is 1.74. The summed E-state index contributed by atoms with van der Waals surface area (Å²) < 4.78 is 0. The Hall–Kier alpha value is -1.64. The number of aromatic nitrogens is 1. The molecule has 14 heavy (non-hydrogen) atoms. The second kappa shape index (κ2) is 4.56. The first kappa shape index (κ1) is 10.4. The summed E-state index contributed by atoms with van der Waals surface area (Å²) in [5.74, 6) is 0.846. The van der Waals surface area contributed by atoms with Gasteiger partial charge < -0.3 is 5.32 Å². The minimum atomic E-state index is 0.832. The van der Waals surface area contributed by atoms with Crippen LogP contribution in [0.5, 0.6) is 0 Å². The van der Waals surface area contributed by atoms with E-state index in [2.05, 4.69) is 21.9 Å². The molecule has 0 fully saturated rings. The first-order chi connectivity index (χ1) is 6.65. The van der Waals surface area contributed by atoms with E-state index >= 15 is 0 Å². The van der Waals surface area contributed by atoms with E-state index in [0.29, 0.717) is 0 Å². The maximum atomic E-state index is 4.19. The number of rotatable bonds is 2. The van der Waals surface area contributed by atoms with Gasteiger partial charge in [0.25, 0.3) is 0 Å². The zero-order chi connectivity index (χ0) is 10.6. The molecule has 1 heterocycles. The summed E-state index contributed by atoms with van der Waals surface area (Å²) in [5, 5.41) is 3.10. The van der Waals surface area contributed by atoms with Gasteiger partial charge in [-0.05, 0) is 26.0 Å².